The molecule has 1 aromatic heterocycles. The van der Waals surface area contributed by atoms with E-state index < -0.39 is 5.91 Å². The minimum Gasteiger partial charge on any atom is -0.459 e. The van der Waals surface area contributed by atoms with Crippen LogP contribution in [0.3, 0.4) is 0 Å². The van der Waals surface area contributed by atoms with Gasteiger partial charge >= 0.3 is 0 Å². The van der Waals surface area contributed by atoms with Gasteiger partial charge in [-0.05, 0) is 24.3 Å². The third kappa shape index (κ3) is 3.07. The van der Waals surface area contributed by atoms with Crippen molar-refractivity contribution in [1.29, 1.82) is 0 Å². The van der Waals surface area contributed by atoms with Crippen LogP contribution < -0.4 is 5.32 Å². The van der Waals surface area contributed by atoms with Gasteiger partial charge in [0.25, 0.3) is 5.91 Å². The Balaban J connectivity index is 1.92. The number of carbonyl (C=O) groups excluding carboxylic acids is 2. The minimum absolute atomic E-state index is 0.0544. The molecule has 4 nitrogen and oxygen atoms in total. The van der Waals surface area contributed by atoms with E-state index >= 15 is 0 Å². The summed E-state index contributed by atoms with van der Waals surface area (Å²) in [4.78, 5) is 23.3. The summed E-state index contributed by atoms with van der Waals surface area (Å²) in [6.45, 7) is -0.0544. The van der Waals surface area contributed by atoms with Gasteiger partial charge < -0.3 is 9.73 Å². The van der Waals surface area contributed by atoms with Crippen molar-refractivity contribution in [3.8, 4) is 0 Å². The summed E-state index contributed by atoms with van der Waals surface area (Å²) in [5.74, 6) is -0.355. The van der Waals surface area contributed by atoms with Gasteiger partial charge in [0.15, 0.2) is 11.5 Å². The number of hydrogen-bond acceptors (Lipinski definition) is 3. The maximum atomic E-state index is 11.8. The minimum atomic E-state index is -0.398. The second-order valence-corrected chi connectivity index (χ2v) is 4.51. The third-order valence-corrected chi connectivity index (χ3v) is 2.85. The molecule has 0 radical (unpaired) electrons. The van der Waals surface area contributed by atoms with Crippen LogP contribution in [-0.4, -0.2) is 18.2 Å². The molecule has 2 rings (SSSR count). The Bertz CT molecular complexity index is 546. The molecule has 0 fully saturated rings. The van der Waals surface area contributed by atoms with Crippen LogP contribution in [0.1, 0.15) is 20.9 Å². The Morgan fingerprint density at radius 1 is 1.17 bits per heavy atom. The van der Waals surface area contributed by atoms with Crippen LogP contribution >= 0.6 is 15.9 Å². The van der Waals surface area contributed by atoms with E-state index in [-0.39, 0.29) is 18.1 Å². The van der Waals surface area contributed by atoms with E-state index in [4.69, 9.17) is 4.42 Å². The highest BCUT2D eigenvalue weighted by molar-refractivity contribution is 9.10. The molecule has 92 valence electrons. The van der Waals surface area contributed by atoms with Crippen LogP contribution in [0.5, 0.6) is 0 Å². The Morgan fingerprint density at radius 3 is 2.50 bits per heavy atom. The summed E-state index contributed by atoms with van der Waals surface area (Å²) in [5.41, 5.74) is 0.554. The third-order valence-electron chi connectivity index (χ3n) is 2.32. The number of nitrogens with one attached hydrogen (secondary N) is 1. The van der Waals surface area contributed by atoms with Gasteiger partial charge in [-0.25, -0.2) is 0 Å². The summed E-state index contributed by atoms with van der Waals surface area (Å²) in [6, 6.07) is 10.1. The lowest BCUT2D eigenvalue weighted by atomic mass is 10.1. The summed E-state index contributed by atoms with van der Waals surface area (Å²) in [7, 11) is 0. The molecule has 0 atom stereocenters. The van der Waals surface area contributed by atoms with Crippen LogP contribution in [-0.2, 0) is 0 Å². The quantitative estimate of drug-likeness (QED) is 0.883. The Morgan fingerprint density at radius 2 is 1.89 bits per heavy atom. The summed E-state index contributed by atoms with van der Waals surface area (Å²) < 4.78 is 5.82. The number of amides is 1. The molecule has 1 amide bonds. The number of rotatable bonds is 4. The largest absolute Gasteiger partial charge is 0.459 e. The van der Waals surface area contributed by atoms with E-state index in [2.05, 4.69) is 21.2 Å². The van der Waals surface area contributed by atoms with Crippen LogP contribution in [0.25, 0.3) is 0 Å². The molecule has 0 unspecified atom stereocenters. The highest BCUT2D eigenvalue weighted by atomic mass is 79.9. The first-order valence-corrected chi connectivity index (χ1v) is 6.06. The molecule has 0 saturated heterocycles. The fourth-order valence-electron chi connectivity index (χ4n) is 1.39. The summed E-state index contributed by atoms with van der Waals surface area (Å²) >= 11 is 3.29. The lowest BCUT2D eigenvalue weighted by molar-refractivity contribution is 0.0885. The van der Waals surface area contributed by atoms with Crippen LogP contribution in [0.2, 0.25) is 0 Å². The predicted octanol–water partition coefficient (Wildman–Crippen LogP) is 2.65. The lowest BCUT2D eigenvalue weighted by Crippen LogP contribution is -2.29. The van der Waals surface area contributed by atoms with Crippen molar-refractivity contribution >= 4 is 27.6 Å². The van der Waals surface area contributed by atoms with Crippen molar-refractivity contribution in [2.45, 2.75) is 0 Å². The SMILES string of the molecule is O=C(CNC(=O)c1ccco1)c1ccc(Br)cc1. The van der Waals surface area contributed by atoms with E-state index in [1.807, 2.05) is 0 Å². The monoisotopic (exact) mass is 307 g/mol. The number of benzene rings is 1. The van der Waals surface area contributed by atoms with Gasteiger partial charge in [0.2, 0.25) is 0 Å². The molecule has 0 aliphatic rings. The number of halogens is 1. The van der Waals surface area contributed by atoms with E-state index in [1.54, 1.807) is 36.4 Å². The second-order valence-electron chi connectivity index (χ2n) is 3.59. The standard InChI is InChI=1S/C13H10BrNO3/c14-10-5-3-9(4-6-10)11(16)8-15-13(17)12-2-1-7-18-12/h1-7H,8H2,(H,15,17). The number of furan rings is 1. The highest BCUT2D eigenvalue weighted by Crippen LogP contribution is 2.10. The fraction of sp³-hybridized carbons (Fsp3) is 0.0769. The van der Waals surface area contributed by atoms with Crippen LogP contribution in [0, 0.1) is 0 Å². The van der Waals surface area contributed by atoms with Gasteiger partial charge in [-0.15, -0.1) is 0 Å². The first kappa shape index (κ1) is 12.6. The van der Waals surface area contributed by atoms with Gasteiger partial charge in [-0.3, -0.25) is 9.59 Å². The molecule has 1 aromatic carbocycles. The van der Waals surface area contributed by atoms with Crippen molar-refractivity contribution in [2.24, 2.45) is 0 Å². The smallest absolute Gasteiger partial charge is 0.287 e. The average molecular weight is 308 g/mol. The summed E-state index contributed by atoms with van der Waals surface area (Å²) in [5, 5.41) is 2.50. The molecule has 18 heavy (non-hydrogen) atoms. The van der Waals surface area contributed by atoms with Crippen molar-refractivity contribution < 1.29 is 14.0 Å². The van der Waals surface area contributed by atoms with Crippen molar-refractivity contribution in [3.63, 3.8) is 0 Å². The molecule has 0 aliphatic heterocycles. The lowest BCUT2D eigenvalue weighted by Gasteiger charge is -2.03. The molecule has 1 N–H and O–H groups in total. The number of Topliss-reactive ketones (excluding diaryl/α,β-unsaturated/α-hetero) is 1. The highest BCUT2D eigenvalue weighted by Gasteiger charge is 2.11. The van der Waals surface area contributed by atoms with E-state index in [9.17, 15) is 9.59 Å². The van der Waals surface area contributed by atoms with Gasteiger partial charge in [-0.1, -0.05) is 28.1 Å². The fourth-order valence-corrected chi connectivity index (χ4v) is 1.66. The topological polar surface area (TPSA) is 59.3 Å². The van der Waals surface area contributed by atoms with Gasteiger partial charge in [0.1, 0.15) is 0 Å². The molecule has 0 aliphatic carbocycles. The molecular weight excluding hydrogens is 298 g/mol. The zero-order chi connectivity index (χ0) is 13.0. The van der Waals surface area contributed by atoms with E-state index in [1.165, 1.54) is 6.26 Å². The second kappa shape index (κ2) is 5.64. The average Bonchev–Trinajstić information content (AvgIpc) is 2.90. The maximum absolute atomic E-state index is 11.8. The van der Waals surface area contributed by atoms with Gasteiger partial charge in [0, 0.05) is 10.0 Å². The van der Waals surface area contributed by atoms with Crippen LogP contribution in [0.15, 0.2) is 51.6 Å². The molecule has 5 heteroatoms. The van der Waals surface area contributed by atoms with E-state index in [0.29, 0.717) is 5.56 Å². The molecule has 0 spiro atoms. The Labute approximate surface area is 112 Å². The zero-order valence-electron chi connectivity index (χ0n) is 9.35. The molecule has 0 saturated carbocycles. The number of ketones is 1. The van der Waals surface area contributed by atoms with Crippen molar-refractivity contribution in [1.82, 2.24) is 5.32 Å². The molecule has 1 heterocycles. The van der Waals surface area contributed by atoms with Crippen molar-refractivity contribution in [3.05, 3.63) is 58.5 Å². The van der Waals surface area contributed by atoms with E-state index in [0.717, 1.165) is 4.47 Å². The Hall–Kier alpha value is -1.88. The Kier molecular flexibility index (Phi) is 3.94. The maximum Gasteiger partial charge on any atom is 0.287 e. The first-order chi connectivity index (χ1) is 8.66. The first-order valence-electron chi connectivity index (χ1n) is 5.27. The normalized spacial score (nSPS) is 10.1. The number of carbonyl (C=O) groups is 2. The molecule has 2 aromatic rings. The predicted molar refractivity (Wildman–Crippen MR) is 69.5 cm³/mol. The molecule has 0 bridgehead atoms. The van der Waals surface area contributed by atoms with Gasteiger partial charge in [-0.2, -0.15) is 0 Å². The number of hydrogen-bond donors (Lipinski definition) is 1. The summed E-state index contributed by atoms with van der Waals surface area (Å²) in [6.07, 6.45) is 1.41. The van der Waals surface area contributed by atoms with Gasteiger partial charge in [0.05, 0.1) is 12.8 Å². The van der Waals surface area contributed by atoms with Crippen molar-refractivity contribution in [2.75, 3.05) is 6.54 Å². The van der Waals surface area contributed by atoms with Crippen LogP contribution in [0.4, 0.5) is 0 Å². The molecular formula is C13H10BrNO3. The zero-order valence-corrected chi connectivity index (χ0v) is 10.9.